The Balaban J connectivity index is 2.37. The minimum Gasteiger partial charge on any atom is -0.432 e. The molecule has 66 valence electrons. The van der Waals surface area contributed by atoms with Crippen LogP contribution in [0, 0.1) is 0 Å². The van der Waals surface area contributed by atoms with Crippen molar-refractivity contribution in [2.75, 3.05) is 5.32 Å². The predicted octanol–water partition coefficient (Wildman–Crippen LogP) is 1.20. The quantitative estimate of drug-likeness (QED) is 0.699. The Morgan fingerprint density at radius 2 is 2.42 bits per heavy atom. The molecule has 0 bridgehead atoms. The maximum absolute atomic E-state index is 11.0. The van der Waals surface area contributed by atoms with Gasteiger partial charge < -0.3 is 9.73 Å². The van der Waals surface area contributed by atoms with E-state index in [2.05, 4.69) is 15.6 Å². The van der Waals surface area contributed by atoms with Crippen LogP contribution in [0.1, 0.15) is 13.8 Å². The largest absolute Gasteiger partial charge is 0.432 e. The molecule has 0 aromatic carbocycles. The van der Waals surface area contributed by atoms with E-state index in [1.807, 2.05) is 13.8 Å². The fourth-order valence-corrected chi connectivity index (χ4v) is 0.681. The van der Waals surface area contributed by atoms with E-state index in [4.69, 9.17) is 4.42 Å². The molecule has 0 atom stereocenters. The highest BCUT2D eigenvalue weighted by molar-refractivity contribution is 5.87. The van der Waals surface area contributed by atoms with Crippen LogP contribution < -0.4 is 10.6 Å². The third-order valence-corrected chi connectivity index (χ3v) is 1.07. The second-order valence-electron chi connectivity index (χ2n) is 2.59. The predicted molar refractivity (Wildman–Crippen MR) is 43.8 cm³/mol. The van der Waals surface area contributed by atoms with Gasteiger partial charge in [0, 0.05) is 6.04 Å². The molecule has 0 radical (unpaired) electrons. The number of anilines is 1. The zero-order valence-corrected chi connectivity index (χ0v) is 7.00. The third kappa shape index (κ3) is 2.61. The Morgan fingerprint density at radius 3 is 2.92 bits per heavy atom. The summed E-state index contributed by atoms with van der Waals surface area (Å²) in [5, 5.41) is 5.06. The third-order valence-electron chi connectivity index (χ3n) is 1.07. The summed E-state index contributed by atoms with van der Waals surface area (Å²) in [6.07, 6.45) is 2.86. The molecule has 0 fully saturated rings. The van der Waals surface area contributed by atoms with Crippen molar-refractivity contribution in [2.24, 2.45) is 0 Å². The van der Waals surface area contributed by atoms with Gasteiger partial charge in [0.2, 0.25) is 0 Å². The van der Waals surface area contributed by atoms with Crippen molar-refractivity contribution < 1.29 is 9.21 Å². The van der Waals surface area contributed by atoms with E-state index >= 15 is 0 Å². The van der Waals surface area contributed by atoms with Crippen molar-refractivity contribution >= 4 is 12.0 Å². The van der Waals surface area contributed by atoms with Crippen molar-refractivity contribution in [3.8, 4) is 0 Å². The standard InChI is InChI=1S/C7H11N3O2/c1-5(2)9-6(11)10-7-8-3-4-12-7/h3-5H,1-2H3,(H2,8,9,10,11). The second kappa shape index (κ2) is 3.75. The van der Waals surface area contributed by atoms with E-state index in [0.29, 0.717) is 0 Å². The molecule has 1 aromatic heterocycles. The van der Waals surface area contributed by atoms with E-state index in [0.717, 1.165) is 0 Å². The van der Waals surface area contributed by atoms with Gasteiger partial charge in [0.15, 0.2) is 0 Å². The average molecular weight is 169 g/mol. The molecule has 0 saturated heterocycles. The molecular weight excluding hydrogens is 158 g/mol. The van der Waals surface area contributed by atoms with Gasteiger partial charge in [-0.3, -0.25) is 5.32 Å². The molecule has 0 spiro atoms. The molecule has 12 heavy (non-hydrogen) atoms. The number of hydrogen-bond donors (Lipinski definition) is 2. The smallest absolute Gasteiger partial charge is 0.323 e. The summed E-state index contributed by atoms with van der Waals surface area (Å²) in [7, 11) is 0. The van der Waals surface area contributed by atoms with Gasteiger partial charge in [0.05, 0.1) is 6.20 Å². The molecular formula is C7H11N3O2. The summed E-state index contributed by atoms with van der Waals surface area (Å²) >= 11 is 0. The van der Waals surface area contributed by atoms with Crippen LogP contribution >= 0.6 is 0 Å². The maximum Gasteiger partial charge on any atom is 0.323 e. The highest BCUT2D eigenvalue weighted by Gasteiger charge is 2.04. The lowest BCUT2D eigenvalue weighted by atomic mass is 10.4. The minimum absolute atomic E-state index is 0.0972. The molecule has 2 amide bonds. The number of hydrogen-bond acceptors (Lipinski definition) is 3. The first-order chi connectivity index (χ1) is 5.68. The first-order valence-electron chi connectivity index (χ1n) is 3.65. The first-order valence-corrected chi connectivity index (χ1v) is 3.65. The Hall–Kier alpha value is -1.52. The van der Waals surface area contributed by atoms with Crippen LogP contribution in [0.5, 0.6) is 0 Å². The van der Waals surface area contributed by atoms with Crippen LogP contribution in [0.4, 0.5) is 10.8 Å². The van der Waals surface area contributed by atoms with E-state index in [1.54, 1.807) is 0 Å². The normalized spacial score (nSPS) is 9.92. The molecule has 0 aliphatic heterocycles. The SMILES string of the molecule is CC(C)NC(=O)Nc1ncco1. The summed E-state index contributed by atoms with van der Waals surface area (Å²) < 4.78 is 4.80. The molecule has 0 aliphatic rings. The molecule has 1 aromatic rings. The Bertz CT molecular complexity index is 243. The summed E-state index contributed by atoms with van der Waals surface area (Å²) in [5.74, 6) is 0. The van der Waals surface area contributed by atoms with E-state index in [1.165, 1.54) is 12.5 Å². The fraction of sp³-hybridized carbons (Fsp3) is 0.429. The number of carbonyl (C=O) groups is 1. The van der Waals surface area contributed by atoms with Crippen molar-refractivity contribution in [2.45, 2.75) is 19.9 Å². The summed E-state index contributed by atoms with van der Waals surface area (Å²) in [6.45, 7) is 3.74. The van der Waals surface area contributed by atoms with Crippen molar-refractivity contribution in [1.29, 1.82) is 0 Å². The van der Waals surface area contributed by atoms with Crippen molar-refractivity contribution in [3.05, 3.63) is 12.5 Å². The molecule has 5 nitrogen and oxygen atoms in total. The number of urea groups is 1. The van der Waals surface area contributed by atoms with Crippen molar-refractivity contribution in [1.82, 2.24) is 10.3 Å². The van der Waals surface area contributed by atoms with Gasteiger partial charge in [-0.05, 0) is 13.8 Å². The molecule has 0 unspecified atom stereocenters. The van der Waals surface area contributed by atoms with Crippen LogP contribution in [-0.2, 0) is 0 Å². The zero-order valence-electron chi connectivity index (χ0n) is 7.00. The second-order valence-corrected chi connectivity index (χ2v) is 2.59. The number of amides is 2. The number of carbonyl (C=O) groups excluding carboxylic acids is 1. The number of nitrogens with zero attached hydrogens (tertiary/aromatic N) is 1. The number of oxazole rings is 1. The lowest BCUT2D eigenvalue weighted by molar-refractivity contribution is 0.249. The molecule has 1 heterocycles. The lowest BCUT2D eigenvalue weighted by Crippen LogP contribution is -2.34. The number of rotatable bonds is 2. The van der Waals surface area contributed by atoms with Crippen LogP contribution in [0.2, 0.25) is 0 Å². The van der Waals surface area contributed by atoms with Crippen LogP contribution in [0.25, 0.3) is 0 Å². The Labute approximate surface area is 70.2 Å². The minimum atomic E-state index is -0.313. The average Bonchev–Trinajstić information content (AvgIpc) is 2.37. The maximum atomic E-state index is 11.0. The number of nitrogens with one attached hydrogen (secondary N) is 2. The highest BCUT2D eigenvalue weighted by Crippen LogP contribution is 1.99. The lowest BCUT2D eigenvalue weighted by Gasteiger charge is -2.06. The van der Waals surface area contributed by atoms with Gasteiger partial charge >= 0.3 is 12.0 Å². The molecule has 1 rings (SSSR count). The van der Waals surface area contributed by atoms with Gasteiger partial charge in [-0.15, -0.1) is 0 Å². The van der Waals surface area contributed by atoms with Crippen LogP contribution in [0.3, 0.4) is 0 Å². The van der Waals surface area contributed by atoms with E-state index in [9.17, 15) is 4.79 Å². The van der Waals surface area contributed by atoms with Gasteiger partial charge in [-0.2, -0.15) is 0 Å². The molecule has 2 N–H and O–H groups in total. The van der Waals surface area contributed by atoms with Crippen LogP contribution in [0.15, 0.2) is 16.9 Å². The van der Waals surface area contributed by atoms with Crippen molar-refractivity contribution in [3.63, 3.8) is 0 Å². The van der Waals surface area contributed by atoms with Crippen LogP contribution in [-0.4, -0.2) is 17.1 Å². The molecule has 0 saturated carbocycles. The van der Waals surface area contributed by atoms with E-state index < -0.39 is 0 Å². The monoisotopic (exact) mass is 169 g/mol. The van der Waals surface area contributed by atoms with Gasteiger partial charge in [0.25, 0.3) is 0 Å². The summed E-state index contributed by atoms with van der Waals surface area (Å²) in [6, 6.07) is -0.0134. The molecule has 0 aliphatic carbocycles. The number of aromatic nitrogens is 1. The Morgan fingerprint density at radius 1 is 1.67 bits per heavy atom. The first kappa shape index (κ1) is 8.58. The van der Waals surface area contributed by atoms with E-state index in [-0.39, 0.29) is 18.1 Å². The van der Waals surface area contributed by atoms with Gasteiger partial charge in [0.1, 0.15) is 6.26 Å². The molecule has 5 heteroatoms. The Kier molecular flexibility index (Phi) is 2.68. The summed E-state index contributed by atoms with van der Waals surface area (Å²) in [4.78, 5) is 14.7. The topological polar surface area (TPSA) is 67.2 Å². The zero-order chi connectivity index (χ0) is 8.97. The van der Waals surface area contributed by atoms with Gasteiger partial charge in [-0.25, -0.2) is 9.78 Å². The van der Waals surface area contributed by atoms with Gasteiger partial charge in [-0.1, -0.05) is 0 Å². The summed E-state index contributed by atoms with van der Waals surface area (Å²) in [5.41, 5.74) is 0. The highest BCUT2D eigenvalue weighted by atomic mass is 16.4. The fourth-order valence-electron chi connectivity index (χ4n) is 0.681.